The number of hydrogen-bond acceptors (Lipinski definition) is 4. The first-order valence-electron chi connectivity index (χ1n) is 3.26. The van der Waals surface area contributed by atoms with Gasteiger partial charge in [0, 0.05) is 0 Å². The Morgan fingerprint density at radius 3 is 2.46 bits per heavy atom. The van der Waals surface area contributed by atoms with Crippen LogP contribution in [0.3, 0.4) is 0 Å². The van der Waals surface area contributed by atoms with Crippen LogP contribution in [0.2, 0.25) is 0 Å². The SMILES string of the molecule is N#Cc1c(O)ccc(C(=O)O)c1O. The number of carboxylic acid groups (broad SMARTS) is 1. The van der Waals surface area contributed by atoms with Crippen LogP contribution < -0.4 is 0 Å². The van der Waals surface area contributed by atoms with Gasteiger partial charge in [-0.05, 0) is 12.1 Å². The zero-order valence-electron chi connectivity index (χ0n) is 6.35. The molecule has 5 nitrogen and oxygen atoms in total. The Hall–Kier alpha value is -2.22. The Labute approximate surface area is 73.1 Å². The minimum absolute atomic E-state index is 0.408. The number of aromatic carboxylic acids is 1. The van der Waals surface area contributed by atoms with Crippen molar-refractivity contribution in [3.63, 3.8) is 0 Å². The smallest absolute Gasteiger partial charge is 0.339 e. The van der Waals surface area contributed by atoms with Crippen molar-refractivity contribution in [1.82, 2.24) is 0 Å². The highest BCUT2D eigenvalue weighted by Crippen LogP contribution is 2.29. The Bertz CT molecular complexity index is 405. The summed E-state index contributed by atoms with van der Waals surface area (Å²) in [6.45, 7) is 0. The van der Waals surface area contributed by atoms with Gasteiger partial charge >= 0.3 is 5.97 Å². The Morgan fingerprint density at radius 1 is 1.38 bits per heavy atom. The van der Waals surface area contributed by atoms with Crippen molar-refractivity contribution in [3.8, 4) is 17.6 Å². The first-order chi connectivity index (χ1) is 6.07. The molecule has 0 unspecified atom stereocenters. The summed E-state index contributed by atoms with van der Waals surface area (Å²) >= 11 is 0. The van der Waals surface area contributed by atoms with Crippen LogP contribution in [0.5, 0.6) is 11.5 Å². The first kappa shape index (κ1) is 8.87. The quantitative estimate of drug-likeness (QED) is 0.588. The van der Waals surface area contributed by atoms with Gasteiger partial charge in [-0.25, -0.2) is 4.79 Å². The van der Waals surface area contributed by atoms with Crippen LogP contribution in [0.1, 0.15) is 15.9 Å². The lowest BCUT2D eigenvalue weighted by Gasteiger charge is -2.02. The molecule has 1 aromatic carbocycles. The molecule has 0 aliphatic heterocycles. The molecule has 1 rings (SSSR count). The van der Waals surface area contributed by atoms with Gasteiger partial charge in [0.1, 0.15) is 22.9 Å². The van der Waals surface area contributed by atoms with Gasteiger partial charge in [-0.15, -0.1) is 0 Å². The fourth-order valence-corrected chi connectivity index (χ4v) is 0.863. The van der Waals surface area contributed by atoms with Crippen molar-refractivity contribution in [2.24, 2.45) is 0 Å². The molecule has 66 valence electrons. The number of carbonyl (C=O) groups is 1. The van der Waals surface area contributed by atoms with E-state index in [4.69, 9.17) is 15.5 Å². The Balaban J connectivity index is 3.47. The van der Waals surface area contributed by atoms with E-state index in [9.17, 15) is 9.90 Å². The summed E-state index contributed by atoms with van der Waals surface area (Å²) in [5.41, 5.74) is -0.839. The molecule has 3 N–H and O–H groups in total. The molecular weight excluding hydrogens is 174 g/mol. The number of phenols is 2. The molecule has 13 heavy (non-hydrogen) atoms. The molecule has 0 atom stereocenters. The molecule has 0 aliphatic rings. The monoisotopic (exact) mass is 179 g/mol. The number of carboxylic acids is 1. The maximum atomic E-state index is 10.5. The third-order valence-electron chi connectivity index (χ3n) is 1.50. The van der Waals surface area contributed by atoms with Gasteiger partial charge in [0.2, 0.25) is 0 Å². The fraction of sp³-hybridized carbons (Fsp3) is 0. The number of benzene rings is 1. The Morgan fingerprint density at radius 2 is 2.00 bits per heavy atom. The topological polar surface area (TPSA) is 102 Å². The largest absolute Gasteiger partial charge is 0.506 e. The molecule has 0 saturated heterocycles. The summed E-state index contributed by atoms with van der Waals surface area (Å²) in [6.07, 6.45) is 0. The molecule has 0 saturated carbocycles. The van der Waals surface area contributed by atoms with Gasteiger partial charge in [-0.2, -0.15) is 5.26 Å². The van der Waals surface area contributed by atoms with Crippen LogP contribution in [0.25, 0.3) is 0 Å². The van der Waals surface area contributed by atoms with Gasteiger partial charge in [-0.1, -0.05) is 0 Å². The molecular formula is C8H5NO4. The summed E-state index contributed by atoms with van der Waals surface area (Å²) in [6, 6.07) is 3.56. The summed E-state index contributed by atoms with van der Waals surface area (Å²) in [7, 11) is 0. The van der Waals surface area contributed by atoms with E-state index >= 15 is 0 Å². The molecule has 0 radical (unpaired) electrons. The zero-order valence-corrected chi connectivity index (χ0v) is 6.35. The number of hydrogen-bond donors (Lipinski definition) is 3. The second-order valence-corrected chi connectivity index (χ2v) is 2.27. The van der Waals surface area contributed by atoms with E-state index < -0.39 is 28.6 Å². The van der Waals surface area contributed by atoms with E-state index in [1.165, 1.54) is 6.07 Å². The summed E-state index contributed by atoms with van der Waals surface area (Å²) in [5.74, 6) is -2.51. The average Bonchev–Trinajstić information content (AvgIpc) is 2.04. The minimum Gasteiger partial charge on any atom is -0.506 e. The van der Waals surface area contributed by atoms with Gasteiger partial charge in [0.05, 0.1) is 0 Å². The van der Waals surface area contributed by atoms with E-state index in [1.807, 2.05) is 0 Å². The lowest BCUT2D eigenvalue weighted by molar-refractivity contribution is 0.0693. The van der Waals surface area contributed by atoms with Crippen molar-refractivity contribution in [3.05, 3.63) is 23.3 Å². The van der Waals surface area contributed by atoms with Crippen LogP contribution in [-0.4, -0.2) is 21.3 Å². The molecule has 0 aliphatic carbocycles. The second kappa shape index (κ2) is 3.03. The minimum atomic E-state index is -1.35. The lowest BCUT2D eigenvalue weighted by Crippen LogP contribution is -1.97. The summed E-state index contributed by atoms with van der Waals surface area (Å²) in [4.78, 5) is 10.5. The maximum Gasteiger partial charge on any atom is 0.339 e. The number of nitriles is 1. The molecule has 0 bridgehead atoms. The first-order valence-corrected chi connectivity index (χ1v) is 3.26. The number of rotatable bonds is 1. The van der Waals surface area contributed by atoms with Gasteiger partial charge < -0.3 is 15.3 Å². The van der Waals surface area contributed by atoms with E-state index in [1.54, 1.807) is 0 Å². The molecule has 0 heterocycles. The number of nitrogens with zero attached hydrogens (tertiary/aromatic N) is 1. The fourth-order valence-electron chi connectivity index (χ4n) is 0.863. The normalized spacial score (nSPS) is 9.15. The van der Waals surface area contributed by atoms with E-state index in [0.717, 1.165) is 12.1 Å². The zero-order chi connectivity index (χ0) is 10.0. The van der Waals surface area contributed by atoms with Crippen molar-refractivity contribution < 1.29 is 20.1 Å². The highest BCUT2D eigenvalue weighted by atomic mass is 16.4. The molecule has 5 heteroatoms. The van der Waals surface area contributed by atoms with E-state index in [2.05, 4.69) is 0 Å². The van der Waals surface area contributed by atoms with Crippen molar-refractivity contribution in [2.75, 3.05) is 0 Å². The highest BCUT2D eigenvalue weighted by Gasteiger charge is 2.16. The van der Waals surface area contributed by atoms with Gasteiger partial charge in [0.25, 0.3) is 0 Å². The molecule has 0 fully saturated rings. The van der Waals surface area contributed by atoms with Crippen LogP contribution in [0.4, 0.5) is 0 Å². The predicted octanol–water partition coefficient (Wildman–Crippen LogP) is 0.668. The van der Waals surface area contributed by atoms with Crippen LogP contribution in [0.15, 0.2) is 12.1 Å². The third-order valence-corrected chi connectivity index (χ3v) is 1.50. The van der Waals surface area contributed by atoms with Crippen LogP contribution >= 0.6 is 0 Å². The molecule has 0 spiro atoms. The average molecular weight is 179 g/mol. The van der Waals surface area contributed by atoms with Crippen molar-refractivity contribution in [1.29, 1.82) is 5.26 Å². The highest BCUT2D eigenvalue weighted by molar-refractivity contribution is 5.92. The standard InChI is InChI=1S/C8H5NO4/c9-3-5-6(10)2-1-4(7(5)11)8(12)13/h1-2,10-11H,(H,12,13). The second-order valence-electron chi connectivity index (χ2n) is 2.27. The maximum absolute atomic E-state index is 10.5. The van der Waals surface area contributed by atoms with E-state index in [0.29, 0.717) is 0 Å². The summed E-state index contributed by atoms with van der Waals surface area (Å²) in [5, 5.41) is 35.2. The number of phenolic OH excluding ortho intramolecular Hbond substituents is 1. The van der Waals surface area contributed by atoms with Gasteiger partial charge in [-0.3, -0.25) is 0 Å². The number of aromatic hydroxyl groups is 2. The lowest BCUT2D eigenvalue weighted by atomic mass is 10.1. The van der Waals surface area contributed by atoms with Crippen molar-refractivity contribution >= 4 is 5.97 Å². The summed E-state index contributed by atoms with van der Waals surface area (Å²) < 4.78 is 0. The van der Waals surface area contributed by atoms with Crippen molar-refractivity contribution in [2.45, 2.75) is 0 Å². The third kappa shape index (κ3) is 1.37. The van der Waals surface area contributed by atoms with E-state index in [-0.39, 0.29) is 0 Å². The van der Waals surface area contributed by atoms with Gasteiger partial charge in [0.15, 0.2) is 5.75 Å². The molecule has 0 aromatic heterocycles. The molecule has 1 aromatic rings. The van der Waals surface area contributed by atoms with Crippen LogP contribution in [-0.2, 0) is 0 Å². The van der Waals surface area contributed by atoms with Crippen LogP contribution in [0, 0.1) is 11.3 Å². The molecule has 0 amide bonds. The Kier molecular flexibility index (Phi) is 2.07. The predicted molar refractivity (Wildman–Crippen MR) is 41.4 cm³/mol.